The number of aromatic nitrogens is 3. The van der Waals surface area contributed by atoms with Crippen molar-refractivity contribution in [2.24, 2.45) is 5.92 Å². The van der Waals surface area contributed by atoms with Crippen molar-refractivity contribution in [2.75, 3.05) is 7.11 Å². The Morgan fingerprint density at radius 3 is 2.67 bits per heavy atom. The lowest BCUT2D eigenvalue weighted by atomic mass is 9.79. The van der Waals surface area contributed by atoms with Crippen LogP contribution >= 0.6 is 0 Å². The topological polar surface area (TPSA) is 68.5 Å². The number of hydrogen-bond donors (Lipinski definition) is 1. The Kier molecular flexibility index (Phi) is 4.10. The summed E-state index contributed by atoms with van der Waals surface area (Å²) >= 11 is 0. The van der Waals surface area contributed by atoms with Crippen molar-refractivity contribution in [3.63, 3.8) is 0 Å². The van der Waals surface area contributed by atoms with E-state index in [1.54, 1.807) is 13.1 Å². The zero-order chi connectivity index (χ0) is 17.5. The summed E-state index contributed by atoms with van der Waals surface area (Å²) in [4.78, 5) is 20.5. The van der Waals surface area contributed by atoms with E-state index in [0.717, 1.165) is 6.42 Å². The highest BCUT2D eigenvalue weighted by molar-refractivity contribution is 6.00. The Hall–Kier alpha value is -2.32. The standard InChI is InChI=1S/C15H17F3N4O2/c1-8-19-14(24-2)21-12-10(6-7-22(8)12)13(23)20-11(15(16,17)18)9-4-3-5-9/h6-7,9,11H,3-5H2,1-2H3,(H,20,23). The fraction of sp³-hybridized carbons (Fsp3) is 0.533. The number of aryl methyl sites for hydroxylation is 1. The van der Waals surface area contributed by atoms with Crippen molar-refractivity contribution in [1.29, 1.82) is 0 Å². The summed E-state index contributed by atoms with van der Waals surface area (Å²) in [6.07, 6.45) is -1.23. The molecule has 1 N–H and O–H groups in total. The minimum Gasteiger partial charge on any atom is -0.467 e. The van der Waals surface area contributed by atoms with Crippen LogP contribution < -0.4 is 10.1 Å². The number of halogens is 3. The van der Waals surface area contributed by atoms with Crippen LogP contribution in [0.15, 0.2) is 12.3 Å². The molecular weight excluding hydrogens is 325 g/mol. The Morgan fingerprint density at radius 1 is 1.42 bits per heavy atom. The molecule has 0 aliphatic heterocycles. The number of carbonyl (C=O) groups excluding carboxylic acids is 1. The normalized spacial score (nSPS) is 16.7. The molecule has 1 amide bonds. The second-order valence-electron chi connectivity index (χ2n) is 5.86. The van der Waals surface area contributed by atoms with Crippen LogP contribution in [0, 0.1) is 12.8 Å². The molecule has 1 saturated carbocycles. The van der Waals surface area contributed by atoms with Gasteiger partial charge in [-0.25, -0.2) is 0 Å². The number of alkyl halides is 3. The third-order valence-corrected chi connectivity index (χ3v) is 4.35. The monoisotopic (exact) mass is 342 g/mol. The zero-order valence-electron chi connectivity index (χ0n) is 13.2. The summed E-state index contributed by atoms with van der Waals surface area (Å²) in [6, 6.07) is -0.349. The first-order chi connectivity index (χ1) is 11.3. The van der Waals surface area contributed by atoms with Crippen molar-refractivity contribution >= 4 is 11.6 Å². The molecule has 0 aromatic carbocycles. The first-order valence-electron chi connectivity index (χ1n) is 7.58. The highest BCUT2D eigenvalue weighted by Gasteiger charge is 2.47. The predicted molar refractivity (Wildman–Crippen MR) is 78.9 cm³/mol. The molecule has 0 saturated heterocycles. The average Bonchev–Trinajstić information content (AvgIpc) is 2.87. The number of ether oxygens (including phenoxy) is 1. The Labute approximate surface area is 136 Å². The maximum absolute atomic E-state index is 13.2. The Balaban J connectivity index is 1.92. The predicted octanol–water partition coefficient (Wildman–Crippen LogP) is 2.51. The highest BCUT2D eigenvalue weighted by atomic mass is 19.4. The lowest BCUT2D eigenvalue weighted by Gasteiger charge is -2.35. The van der Waals surface area contributed by atoms with Gasteiger partial charge in [0.1, 0.15) is 11.9 Å². The minimum absolute atomic E-state index is 0.0547. The van der Waals surface area contributed by atoms with Crippen LogP contribution in [0.3, 0.4) is 0 Å². The van der Waals surface area contributed by atoms with Gasteiger partial charge in [-0.15, -0.1) is 0 Å². The Bertz CT molecular complexity index is 768. The van der Waals surface area contributed by atoms with Gasteiger partial charge in [-0.2, -0.15) is 23.1 Å². The number of rotatable bonds is 4. The molecule has 24 heavy (non-hydrogen) atoms. The van der Waals surface area contributed by atoms with E-state index in [1.165, 1.54) is 17.6 Å². The number of methoxy groups -OCH3 is 1. The molecule has 2 heterocycles. The molecule has 1 atom stereocenters. The van der Waals surface area contributed by atoms with Gasteiger partial charge >= 0.3 is 12.2 Å². The molecule has 1 aliphatic rings. The van der Waals surface area contributed by atoms with Gasteiger partial charge in [-0.05, 0) is 31.7 Å². The number of nitrogens with zero attached hydrogens (tertiary/aromatic N) is 3. The molecule has 6 nitrogen and oxygen atoms in total. The van der Waals surface area contributed by atoms with Gasteiger partial charge in [0.15, 0.2) is 5.65 Å². The van der Waals surface area contributed by atoms with E-state index >= 15 is 0 Å². The molecule has 130 valence electrons. The minimum atomic E-state index is -4.47. The molecule has 0 radical (unpaired) electrons. The number of fused-ring (bicyclic) bond motifs is 1. The van der Waals surface area contributed by atoms with Gasteiger partial charge < -0.3 is 10.1 Å². The molecule has 2 aromatic rings. The third-order valence-electron chi connectivity index (χ3n) is 4.35. The van der Waals surface area contributed by atoms with Crippen molar-refractivity contribution in [3.05, 3.63) is 23.7 Å². The van der Waals surface area contributed by atoms with Crippen LogP contribution in [-0.2, 0) is 0 Å². The number of hydrogen-bond acceptors (Lipinski definition) is 4. The lowest BCUT2D eigenvalue weighted by Crippen LogP contribution is -2.52. The first kappa shape index (κ1) is 16.5. The van der Waals surface area contributed by atoms with E-state index in [9.17, 15) is 18.0 Å². The summed E-state index contributed by atoms with van der Waals surface area (Å²) in [6.45, 7) is 1.69. The summed E-state index contributed by atoms with van der Waals surface area (Å²) in [7, 11) is 1.38. The molecule has 1 unspecified atom stereocenters. The highest BCUT2D eigenvalue weighted by Crippen LogP contribution is 2.37. The maximum Gasteiger partial charge on any atom is 0.408 e. The van der Waals surface area contributed by atoms with Crippen molar-refractivity contribution in [3.8, 4) is 6.01 Å². The molecule has 0 spiro atoms. The second-order valence-corrected chi connectivity index (χ2v) is 5.86. The smallest absolute Gasteiger partial charge is 0.408 e. The van der Waals surface area contributed by atoms with Crippen LogP contribution in [0.2, 0.25) is 0 Å². The van der Waals surface area contributed by atoms with E-state index in [2.05, 4.69) is 15.3 Å². The molecule has 0 bridgehead atoms. The molecule has 1 aliphatic carbocycles. The number of nitrogens with one attached hydrogen (secondary N) is 1. The lowest BCUT2D eigenvalue weighted by molar-refractivity contribution is -0.171. The number of carbonyl (C=O) groups is 1. The van der Waals surface area contributed by atoms with E-state index in [4.69, 9.17) is 4.74 Å². The van der Waals surface area contributed by atoms with Gasteiger partial charge in [-0.3, -0.25) is 9.20 Å². The van der Waals surface area contributed by atoms with Gasteiger partial charge in [0.2, 0.25) is 0 Å². The first-order valence-corrected chi connectivity index (χ1v) is 7.58. The molecular formula is C15H17F3N4O2. The third kappa shape index (κ3) is 2.90. The van der Waals surface area contributed by atoms with Crippen LogP contribution in [-0.4, -0.2) is 39.6 Å². The van der Waals surface area contributed by atoms with E-state index < -0.39 is 24.0 Å². The van der Waals surface area contributed by atoms with E-state index in [1.807, 2.05) is 0 Å². The van der Waals surface area contributed by atoms with Crippen molar-refractivity contribution in [1.82, 2.24) is 19.7 Å². The van der Waals surface area contributed by atoms with Crippen LogP contribution in [0.5, 0.6) is 6.01 Å². The van der Waals surface area contributed by atoms with Gasteiger partial charge in [-0.1, -0.05) is 6.42 Å². The SMILES string of the molecule is COc1nc(C)n2ccc(C(=O)NC(C3CCC3)C(F)(F)F)c2n1. The van der Waals surface area contributed by atoms with Gasteiger partial charge in [0.25, 0.3) is 5.91 Å². The fourth-order valence-electron chi connectivity index (χ4n) is 2.83. The van der Waals surface area contributed by atoms with Crippen LogP contribution in [0.4, 0.5) is 13.2 Å². The quantitative estimate of drug-likeness (QED) is 0.927. The molecule has 9 heteroatoms. The van der Waals surface area contributed by atoms with E-state index in [0.29, 0.717) is 18.7 Å². The average molecular weight is 342 g/mol. The largest absolute Gasteiger partial charge is 0.467 e. The summed E-state index contributed by atoms with van der Waals surface area (Å²) < 4.78 is 46.2. The summed E-state index contributed by atoms with van der Waals surface area (Å²) in [5.74, 6) is -0.845. The van der Waals surface area contributed by atoms with Crippen LogP contribution in [0.1, 0.15) is 35.4 Å². The fourth-order valence-corrected chi connectivity index (χ4v) is 2.83. The maximum atomic E-state index is 13.2. The van der Waals surface area contributed by atoms with Crippen LogP contribution in [0.25, 0.3) is 5.65 Å². The summed E-state index contributed by atoms with van der Waals surface area (Å²) in [5, 5.41) is 2.13. The second kappa shape index (κ2) is 5.95. The van der Waals surface area contributed by atoms with Gasteiger partial charge in [0.05, 0.1) is 12.7 Å². The Morgan fingerprint density at radius 2 is 2.12 bits per heavy atom. The van der Waals surface area contributed by atoms with Gasteiger partial charge in [0, 0.05) is 6.20 Å². The number of amides is 1. The molecule has 1 fully saturated rings. The van der Waals surface area contributed by atoms with Crippen molar-refractivity contribution < 1.29 is 22.7 Å². The molecule has 2 aromatic heterocycles. The van der Waals surface area contributed by atoms with Crippen molar-refractivity contribution in [2.45, 2.75) is 38.4 Å². The molecule has 3 rings (SSSR count). The summed E-state index contributed by atoms with van der Waals surface area (Å²) in [5.41, 5.74) is 0.277. The zero-order valence-corrected chi connectivity index (χ0v) is 13.2. The van der Waals surface area contributed by atoms with E-state index in [-0.39, 0.29) is 17.2 Å².